The van der Waals surface area contributed by atoms with Crippen molar-refractivity contribution in [3.8, 4) is 11.5 Å². The number of carbonyl (C=O) groups is 2. The second kappa shape index (κ2) is 11.7. The standard InChI is InChI=1S/C25H30N2O6S/c1-6-32-25(29)20-15-34-23(26-20)14-27(11-7-8-19-10-9-16(2)33-19)24(28)18-12-21(30-4)17(3)22(13-18)31-5/h9-10,12-13,15H,6-8,11,14H2,1-5H3. The van der Waals surface area contributed by atoms with Gasteiger partial charge in [0, 0.05) is 29.5 Å². The van der Waals surface area contributed by atoms with Gasteiger partial charge in [-0.05, 0) is 51.5 Å². The van der Waals surface area contributed by atoms with Crippen LogP contribution in [0.3, 0.4) is 0 Å². The molecule has 0 radical (unpaired) electrons. The van der Waals surface area contributed by atoms with Crippen molar-refractivity contribution in [2.75, 3.05) is 27.4 Å². The Labute approximate surface area is 203 Å². The zero-order chi connectivity index (χ0) is 24.7. The van der Waals surface area contributed by atoms with E-state index in [4.69, 9.17) is 18.6 Å². The van der Waals surface area contributed by atoms with Crippen LogP contribution in [-0.4, -0.2) is 49.1 Å². The molecule has 0 unspecified atom stereocenters. The Balaban J connectivity index is 1.83. The minimum absolute atomic E-state index is 0.180. The molecule has 2 aromatic heterocycles. The maximum atomic E-state index is 13.6. The molecule has 0 aliphatic heterocycles. The second-order valence-corrected chi connectivity index (χ2v) is 8.64. The highest BCUT2D eigenvalue weighted by Gasteiger charge is 2.22. The zero-order valence-electron chi connectivity index (χ0n) is 20.2. The molecule has 0 N–H and O–H groups in total. The molecule has 0 saturated carbocycles. The lowest BCUT2D eigenvalue weighted by atomic mass is 10.1. The average molecular weight is 487 g/mol. The van der Waals surface area contributed by atoms with Gasteiger partial charge in [0.15, 0.2) is 5.69 Å². The van der Waals surface area contributed by atoms with E-state index in [-0.39, 0.29) is 24.8 Å². The molecule has 0 fully saturated rings. The van der Waals surface area contributed by atoms with Crippen LogP contribution in [0.25, 0.3) is 0 Å². The lowest BCUT2D eigenvalue weighted by molar-refractivity contribution is 0.0520. The van der Waals surface area contributed by atoms with E-state index in [2.05, 4.69) is 4.98 Å². The highest BCUT2D eigenvalue weighted by atomic mass is 32.1. The van der Waals surface area contributed by atoms with E-state index in [0.29, 0.717) is 41.5 Å². The number of methoxy groups -OCH3 is 2. The summed E-state index contributed by atoms with van der Waals surface area (Å²) in [5.41, 5.74) is 1.52. The smallest absolute Gasteiger partial charge is 0.357 e. The molecule has 3 aromatic rings. The third-order valence-corrected chi connectivity index (χ3v) is 6.13. The fourth-order valence-electron chi connectivity index (χ4n) is 3.55. The number of benzene rings is 1. The molecule has 8 nitrogen and oxygen atoms in total. The van der Waals surface area contributed by atoms with Gasteiger partial charge in [-0.3, -0.25) is 4.79 Å². The maximum Gasteiger partial charge on any atom is 0.357 e. The first-order valence-electron chi connectivity index (χ1n) is 11.0. The fraction of sp³-hybridized carbons (Fsp3) is 0.400. The Hall–Kier alpha value is -3.33. The van der Waals surface area contributed by atoms with Gasteiger partial charge in [-0.1, -0.05) is 0 Å². The molecule has 182 valence electrons. The first-order valence-corrected chi connectivity index (χ1v) is 11.9. The highest BCUT2D eigenvalue weighted by Crippen LogP contribution is 2.30. The lowest BCUT2D eigenvalue weighted by Crippen LogP contribution is -2.32. The van der Waals surface area contributed by atoms with Crippen LogP contribution in [0.4, 0.5) is 0 Å². The van der Waals surface area contributed by atoms with Gasteiger partial charge in [-0.15, -0.1) is 11.3 Å². The summed E-state index contributed by atoms with van der Waals surface area (Å²) in [5.74, 6) is 2.24. The molecule has 34 heavy (non-hydrogen) atoms. The number of furan rings is 1. The largest absolute Gasteiger partial charge is 0.496 e. The van der Waals surface area contributed by atoms with E-state index < -0.39 is 5.97 Å². The van der Waals surface area contributed by atoms with Crippen molar-refractivity contribution in [1.29, 1.82) is 0 Å². The maximum absolute atomic E-state index is 13.6. The molecule has 9 heteroatoms. The van der Waals surface area contributed by atoms with E-state index in [1.165, 1.54) is 11.3 Å². The Morgan fingerprint density at radius 1 is 1.12 bits per heavy atom. The number of ether oxygens (including phenoxy) is 3. The third kappa shape index (κ3) is 6.17. The molecule has 0 bridgehead atoms. The van der Waals surface area contributed by atoms with Gasteiger partial charge >= 0.3 is 5.97 Å². The van der Waals surface area contributed by atoms with Crippen molar-refractivity contribution >= 4 is 23.2 Å². The third-order valence-electron chi connectivity index (χ3n) is 5.30. The summed E-state index contributed by atoms with van der Waals surface area (Å²) in [4.78, 5) is 31.7. The number of esters is 1. The fourth-order valence-corrected chi connectivity index (χ4v) is 4.33. The predicted octanol–water partition coefficient (Wildman–Crippen LogP) is 4.82. The molecular weight excluding hydrogens is 456 g/mol. The van der Waals surface area contributed by atoms with Gasteiger partial charge < -0.3 is 23.5 Å². The van der Waals surface area contributed by atoms with Crippen LogP contribution >= 0.6 is 11.3 Å². The number of hydrogen-bond acceptors (Lipinski definition) is 8. The Bertz CT molecular complexity index is 1110. The molecule has 1 amide bonds. The molecule has 3 rings (SSSR count). The van der Waals surface area contributed by atoms with Gasteiger partial charge in [0.1, 0.15) is 28.0 Å². The van der Waals surface area contributed by atoms with Gasteiger partial charge in [0.2, 0.25) is 0 Å². The summed E-state index contributed by atoms with van der Waals surface area (Å²) in [6.07, 6.45) is 1.40. The first-order chi connectivity index (χ1) is 16.4. The van der Waals surface area contributed by atoms with Crippen molar-refractivity contribution in [3.63, 3.8) is 0 Å². The Morgan fingerprint density at radius 2 is 1.82 bits per heavy atom. The van der Waals surface area contributed by atoms with Crippen molar-refractivity contribution in [2.45, 2.75) is 40.2 Å². The van der Waals surface area contributed by atoms with E-state index in [9.17, 15) is 9.59 Å². The number of thiazole rings is 1. The van der Waals surface area contributed by atoms with E-state index in [1.807, 2.05) is 26.0 Å². The van der Waals surface area contributed by atoms with Crippen LogP contribution in [0.1, 0.15) is 56.3 Å². The lowest BCUT2D eigenvalue weighted by Gasteiger charge is -2.23. The number of nitrogens with zero attached hydrogens (tertiary/aromatic N) is 2. The number of aromatic nitrogens is 1. The van der Waals surface area contributed by atoms with Crippen LogP contribution < -0.4 is 9.47 Å². The number of hydrogen-bond donors (Lipinski definition) is 0. The van der Waals surface area contributed by atoms with E-state index >= 15 is 0 Å². The van der Waals surface area contributed by atoms with Crippen LogP contribution in [0, 0.1) is 13.8 Å². The Morgan fingerprint density at radius 3 is 2.41 bits per heavy atom. The van der Waals surface area contributed by atoms with E-state index in [0.717, 1.165) is 17.1 Å². The van der Waals surface area contributed by atoms with Gasteiger partial charge in [0.05, 0.1) is 27.4 Å². The summed E-state index contributed by atoms with van der Waals surface area (Å²) in [5, 5.41) is 2.30. The van der Waals surface area contributed by atoms with E-state index in [1.54, 1.807) is 43.6 Å². The summed E-state index contributed by atoms with van der Waals surface area (Å²) in [7, 11) is 3.12. The molecule has 0 saturated heterocycles. The number of aryl methyl sites for hydroxylation is 2. The molecular formula is C25H30N2O6S. The number of carbonyl (C=O) groups excluding carboxylic acids is 2. The summed E-state index contributed by atoms with van der Waals surface area (Å²) < 4.78 is 21.6. The first kappa shape index (κ1) is 25.3. The summed E-state index contributed by atoms with van der Waals surface area (Å²) in [6.45, 7) is 6.54. The monoisotopic (exact) mass is 486 g/mol. The van der Waals surface area contributed by atoms with Crippen LogP contribution in [0.15, 0.2) is 34.1 Å². The van der Waals surface area contributed by atoms with Crippen molar-refractivity contribution in [3.05, 3.63) is 63.0 Å². The predicted molar refractivity (Wildman–Crippen MR) is 129 cm³/mol. The normalized spacial score (nSPS) is 10.7. The SMILES string of the molecule is CCOC(=O)c1csc(CN(CCCc2ccc(C)o2)C(=O)c2cc(OC)c(C)c(OC)c2)n1. The average Bonchev–Trinajstić information content (AvgIpc) is 3.47. The van der Waals surface area contributed by atoms with Crippen molar-refractivity contribution < 1.29 is 28.2 Å². The molecule has 0 aliphatic rings. The van der Waals surface area contributed by atoms with Gasteiger partial charge in [0.25, 0.3) is 5.91 Å². The molecule has 0 atom stereocenters. The molecule has 1 aromatic carbocycles. The summed E-state index contributed by atoms with van der Waals surface area (Å²) >= 11 is 1.32. The van der Waals surface area contributed by atoms with Gasteiger partial charge in [-0.2, -0.15) is 0 Å². The summed E-state index contributed by atoms with van der Waals surface area (Å²) in [6, 6.07) is 7.31. The van der Waals surface area contributed by atoms with Crippen LogP contribution in [0.2, 0.25) is 0 Å². The van der Waals surface area contributed by atoms with Crippen LogP contribution in [0.5, 0.6) is 11.5 Å². The molecule has 0 aliphatic carbocycles. The van der Waals surface area contributed by atoms with Gasteiger partial charge in [-0.25, -0.2) is 9.78 Å². The molecule has 2 heterocycles. The minimum Gasteiger partial charge on any atom is -0.496 e. The highest BCUT2D eigenvalue weighted by molar-refractivity contribution is 7.09. The number of rotatable bonds is 11. The minimum atomic E-state index is -0.468. The number of amides is 1. The second-order valence-electron chi connectivity index (χ2n) is 7.70. The Kier molecular flexibility index (Phi) is 8.70. The topological polar surface area (TPSA) is 91.1 Å². The molecule has 0 spiro atoms. The quantitative estimate of drug-likeness (QED) is 0.359. The van der Waals surface area contributed by atoms with Crippen LogP contribution in [-0.2, 0) is 17.7 Å². The van der Waals surface area contributed by atoms with Crippen molar-refractivity contribution in [2.24, 2.45) is 0 Å². The zero-order valence-corrected chi connectivity index (χ0v) is 21.0. The van der Waals surface area contributed by atoms with Crippen molar-refractivity contribution in [1.82, 2.24) is 9.88 Å².